The molecule has 0 radical (unpaired) electrons. The normalized spacial score (nSPS) is 17.2. The van der Waals surface area contributed by atoms with Gasteiger partial charge in [0.15, 0.2) is 11.6 Å². The van der Waals surface area contributed by atoms with Crippen molar-refractivity contribution in [3.05, 3.63) is 23.8 Å². The molecule has 1 aromatic rings. The van der Waals surface area contributed by atoms with Crippen LogP contribution >= 0.6 is 0 Å². The van der Waals surface area contributed by atoms with Crippen molar-refractivity contribution in [3.8, 4) is 0 Å². The highest BCUT2D eigenvalue weighted by Gasteiger charge is 2.19. The number of rotatable bonds is 1. The van der Waals surface area contributed by atoms with E-state index in [0.717, 1.165) is 12.5 Å². The Balaban J connectivity index is 2.33. The second-order valence-electron chi connectivity index (χ2n) is 3.75. The molecule has 0 aliphatic carbocycles. The smallest absolute Gasteiger partial charge is 0.184 e. The maximum absolute atomic E-state index is 13.6. The summed E-state index contributed by atoms with van der Waals surface area (Å²) in [6, 6.07) is 2.43. The zero-order valence-electron chi connectivity index (χ0n) is 8.88. The molecule has 0 aromatic heterocycles. The molecule has 2 rings (SSSR count). The molecule has 1 heterocycles. The van der Waals surface area contributed by atoms with E-state index in [2.05, 4.69) is 0 Å². The van der Waals surface area contributed by atoms with Gasteiger partial charge in [-0.2, -0.15) is 0 Å². The Labute approximate surface area is 92.8 Å². The minimum absolute atomic E-state index is 0.158. The van der Waals surface area contributed by atoms with Gasteiger partial charge in [-0.05, 0) is 18.6 Å². The van der Waals surface area contributed by atoms with Crippen molar-refractivity contribution in [3.63, 3.8) is 0 Å². The maximum atomic E-state index is 13.6. The molecule has 1 aliphatic rings. The van der Waals surface area contributed by atoms with Crippen molar-refractivity contribution in [2.24, 2.45) is 0 Å². The van der Waals surface area contributed by atoms with Gasteiger partial charge >= 0.3 is 0 Å². The van der Waals surface area contributed by atoms with Crippen LogP contribution in [0.15, 0.2) is 12.1 Å². The average molecular weight is 228 g/mol. The van der Waals surface area contributed by atoms with Gasteiger partial charge in [0.05, 0.1) is 18.0 Å². The molecule has 0 saturated carbocycles. The third-order valence-electron chi connectivity index (χ3n) is 2.64. The highest BCUT2D eigenvalue weighted by Crippen LogP contribution is 2.29. The van der Waals surface area contributed by atoms with E-state index < -0.39 is 11.6 Å². The van der Waals surface area contributed by atoms with Gasteiger partial charge in [0.1, 0.15) is 0 Å². The summed E-state index contributed by atoms with van der Waals surface area (Å²) >= 11 is 0. The van der Waals surface area contributed by atoms with Gasteiger partial charge in [0, 0.05) is 19.7 Å². The van der Waals surface area contributed by atoms with Crippen molar-refractivity contribution in [2.45, 2.75) is 6.42 Å². The zero-order chi connectivity index (χ0) is 11.5. The molecule has 88 valence electrons. The second kappa shape index (κ2) is 4.65. The quantitative estimate of drug-likeness (QED) is 0.744. The zero-order valence-corrected chi connectivity index (χ0v) is 8.88. The van der Waals surface area contributed by atoms with Crippen LogP contribution in [0.2, 0.25) is 0 Å². The lowest BCUT2D eigenvalue weighted by Crippen LogP contribution is -2.28. The van der Waals surface area contributed by atoms with Crippen LogP contribution in [0, 0.1) is 11.6 Å². The number of anilines is 2. The van der Waals surface area contributed by atoms with Crippen LogP contribution in [-0.2, 0) is 4.74 Å². The Morgan fingerprint density at radius 3 is 2.81 bits per heavy atom. The largest absolute Gasteiger partial charge is 0.397 e. The van der Waals surface area contributed by atoms with Gasteiger partial charge in [0.25, 0.3) is 0 Å². The van der Waals surface area contributed by atoms with Gasteiger partial charge in [-0.15, -0.1) is 0 Å². The fourth-order valence-corrected chi connectivity index (χ4v) is 1.85. The van der Waals surface area contributed by atoms with E-state index in [4.69, 9.17) is 10.5 Å². The summed E-state index contributed by atoms with van der Waals surface area (Å²) in [6.07, 6.45) is 0.787. The van der Waals surface area contributed by atoms with E-state index in [1.54, 1.807) is 4.90 Å². The first-order valence-electron chi connectivity index (χ1n) is 5.26. The first-order chi connectivity index (χ1) is 7.70. The number of nitrogens with zero attached hydrogens (tertiary/aromatic N) is 1. The number of nitrogens with two attached hydrogens (primary N) is 1. The topological polar surface area (TPSA) is 38.5 Å². The van der Waals surface area contributed by atoms with Crippen molar-refractivity contribution in [1.29, 1.82) is 0 Å². The van der Waals surface area contributed by atoms with E-state index in [1.165, 1.54) is 6.07 Å². The van der Waals surface area contributed by atoms with Gasteiger partial charge in [-0.3, -0.25) is 0 Å². The standard InChI is InChI=1S/C11H14F2N2O/c12-8-2-3-9(14)11(10(8)13)15-4-1-6-16-7-5-15/h2-3H,1,4-7,14H2. The molecule has 0 atom stereocenters. The van der Waals surface area contributed by atoms with Crippen LogP contribution in [0.5, 0.6) is 0 Å². The molecule has 0 unspecified atom stereocenters. The van der Waals surface area contributed by atoms with Crippen LogP contribution < -0.4 is 10.6 Å². The molecule has 0 amide bonds. The monoisotopic (exact) mass is 228 g/mol. The Kier molecular flexibility index (Phi) is 3.24. The number of halogens is 2. The lowest BCUT2D eigenvalue weighted by Gasteiger charge is -2.24. The van der Waals surface area contributed by atoms with E-state index in [-0.39, 0.29) is 11.4 Å². The van der Waals surface area contributed by atoms with Crippen LogP contribution in [-0.4, -0.2) is 26.3 Å². The van der Waals surface area contributed by atoms with E-state index >= 15 is 0 Å². The van der Waals surface area contributed by atoms with Gasteiger partial charge < -0.3 is 15.4 Å². The van der Waals surface area contributed by atoms with Crippen molar-refractivity contribution >= 4 is 11.4 Å². The fourth-order valence-electron chi connectivity index (χ4n) is 1.85. The molecule has 5 heteroatoms. The van der Waals surface area contributed by atoms with Gasteiger partial charge in [-0.1, -0.05) is 0 Å². The molecule has 1 fully saturated rings. The van der Waals surface area contributed by atoms with Crippen LogP contribution in [0.3, 0.4) is 0 Å². The molecule has 1 saturated heterocycles. The SMILES string of the molecule is Nc1ccc(F)c(F)c1N1CCCOCC1. The van der Waals surface area contributed by atoms with Crippen LogP contribution in [0.1, 0.15) is 6.42 Å². The predicted molar refractivity (Wildman–Crippen MR) is 58.4 cm³/mol. The van der Waals surface area contributed by atoms with Crippen LogP contribution in [0.25, 0.3) is 0 Å². The van der Waals surface area contributed by atoms with E-state index in [1.807, 2.05) is 0 Å². The second-order valence-corrected chi connectivity index (χ2v) is 3.75. The molecular formula is C11H14F2N2O. The number of ether oxygens (including phenoxy) is 1. The van der Waals surface area contributed by atoms with Crippen molar-refractivity contribution < 1.29 is 13.5 Å². The molecule has 0 bridgehead atoms. The number of hydrogen-bond donors (Lipinski definition) is 1. The summed E-state index contributed by atoms with van der Waals surface area (Å²) in [4.78, 5) is 1.74. The van der Waals surface area contributed by atoms with Gasteiger partial charge in [0.2, 0.25) is 0 Å². The van der Waals surface area contributed by atoms with Crippen molar-refractivity contribution in [2.75, 3.05) is 36.9 Å². The highest BCUT2D eigenvalue weighted by molar-refractivity contribution is 5.68. The van der Waals surface area contributed by atoms with E-state index in [9.17, 15) is 8.78 Å². The Morgan fingerprint density at radius 1 is 1.19 bits per heavy atom. The molecule has 1 aromatic carbocycles. The summed E-state index contributed by atoms with van der Waals surface area (Å²) in [7, 11) is 0. The molecule has 3 nitrogen and oxygen atoms in total. The molecular weight excluding hydrogens is 214 g/mol. The number of nitrogen functional groups attached to an aromatic ring is 1. The minimum Gasteiger partial charge on any atom is -0.397 e. The average Bonchev–Trinajstić information content (AvgIpc) is 2.53. The lowest BCUT2D eigenvalue weighted by atomic mass is 10.2. The summed E-state index contributed by atoms with van der Waals surface area (Å²) in [6.45, 7) is 2.32. The molecule has 2 N–H and O–H groups in total. The van der Waals surface area contributed by atoms with Gasteiger partial charge in [-0.25, -0.2) is 8.78 Å². The Morgan fingerprint density at radius 2 is 2.00 bits per heavy atom. The molecule has 16 heavy (non-hydrogen) atoms. The summed E-state index contributed by atoms with van der Waals surface area (Å²) in [5, 5.41) is 0. The first kappa shape index (κ1) is 11.1. The Hall–Kier alpha value is -1.36. The first-order valence-corrected chi connectivity index (χ1v) is 5.26. The third-order valence-corrected chi connectivity index (χ3v) is 2.64. The summed E-state index contributed by atoms with van der Waals surface area (Å²) < 4.78 is 32.0. The predicted octanol–water partition coefficient (Wildman–Crippen LogP) is 1.77. The maximum Gasteiger partial charge on any atom is 0.184 e. The van der Waals surface area contributed by atoms with Crippen LogP contribution in [0.4, 0.5) is 20.2 Å². The highest BCUT2D eigenvalue weighted by atomic mass is 19.2. The third kappa shape index (κ3) is 2.09. The van der Waals surface area contributed by atoms with Crippen molar-refractivity contribution in [1.82, 2.24) is 0 Å². The lowest BCUT2D eigenvalue weighted by molar-refractivity contribution is 0.152. The van der Waals surface area contributed by atoms with E-state index in [0.29, 0.717) is 26.3 Å². The number of hydrogen-bond acceptors (Lipinski definition) is 3. The Bertz CT molecular complexity index is 376. The summed E-state index contributed by atoms with van der Waals surface area (Å²) in [5.41, 5.74) is 6.11. The fraction of sp³-hybridized carbons (Fsp3) is 0.455. The molecule has 1 aliphatic heterocycles. The number of benzene rings is 1. The molecule has 0 spiro atoms. The minimum atomic E-state index is -0.873. The summed E-state index contributed by atoms with van der Waals surface area (Å²) in [5.74, 6) is -1.74.